The SMILES string of the molecule is O=C(O)C1(C(=O)Nc2cccc(Br)c2)COC1. The molecule has 1 heterocycles. The summed E-state index contributed by atoms with van der Waals surface area (Å²) in [5, 5.41) is 11.6. The lowest BCUT2D eigenvalue weighted by Gasteiger charge is -2.35. The van der Waals surface area contributed by atoms with Gasteiger partial charge in [-0.1, -0.05) is 22.0 Å². The summed E-state index contributed by atoms with van der Waals surface area (Å²) in [5.74, 6) is -1.70. The topological polar surface area (TPSA) is 75.6 Å². The molecule has 6 heteroatoms. The van der Waals surface area contributed by atoms with Gasteiger partial charge in [-0.15, -0.1) is 0 Å². The summed E-state index contributed by atoms with van der Waals surface area (Å²) in [7, 11) is 0. The predicted molar refractivity (Wildman–Crippen MR) is 63.7 cm³/mol. The molecule has 1 amide bonds. The van der Waals surface area contributed by atoms with E-state index in [1.807, 2.05) is 6.07 Å². The molecule has 0 unspecified atom stereocenters. The molecule has 1 aromatic rings. The van der Waals surface area contributed by atoms with E-state index in [2.05, 4.69) is 21.2 Å². The zero-order valence-electron chi connectivity index (χ0n) is 8.77. The molecule has 0 atom stereocenters. The van der Waals surface area contributed by atoms with E-state index in [9.17, 15) is 9.59 Å². The highest BCUT2D eigenvalue weighted by molar-refractivity contribution is 9.10. The second kappa shape index (κ2) is 4.46. The number of rotatable bonds is 3. The van der Waals surface area contributed by atoms with Crippen molar-refractivity contribution < 1.29 is 19.4 Å². The Morgan fingerprint density at radius 1 is 1.41 bits per heavy atom. The van der Waals surface area contributed by atoms with Gasteiger partial charge in [0.2, 0.25) is 5.91 Å². The average Bonchev–Trinajstić information content (AvgIpc) is 2.14. The largest absolute Gasteiger partial charge is 0.480 e. The van der Waals surface area contributed by atoms with Gasteiger partial charge in [-0.3, -0.25) is 9.59 Å². The molecule has 1 aliphatic heterocycles. The number of amides is 1. The molecule has 0 saturated carbocycles. The number of anilines is 1. The lowest BCUT2D eigenvalue weighted by atomic mass is 9.85. The Morgan fingerprint density at radius 2 is 2.12 bits per heavy atom. The first-order chi connectivity index (χ1) is 8.04. The molecule has 1 fully saturated rings. The van der Waals surface area contributed by atoms with Crippen LogP contribution in [-0.2, 0) is 14.3 Å². The number of hydrogen-bond acceptors (Lipinski definition) is 3. The summed E-state index contributed by atoms with van der Waals surface area (Å²) in [6.07, 6.45) is 0. The van der Waals surface area contributed by atoms with Gasteiger partial charge in [0.25, 0.3) is 0 Å². The minimum atomic E-state index is -1.44. The molecule has 0 radical (unpaired) electrons. The summed E-state index contributed by atoms with van der Waals surface area (Å²) in [5.41, 5.74) is -0.889. The second-order valence-corrected chi connectivity index (χ2v) is 4.76. The highest BCUT2D eigenvalue weighted by Gasteiger charge is 2.53. The minimum Gasteiger partial charge on any atom is -0.480 e. The molecule has 0 spiro atoms. The Bertz CT molecular complexity index is 470. The van der Waals surface area contributed by atoms with Crippen molar-refractivity contribution in [1.82, 2.24) is 0 Å². The molecule has 2 N–H and O–H groups in total. The van der Waals surface area contributed by atoms with Crippen molar-refractivity contribution in [1.29, 1.82) is 0 Å². The van der Waals surface area contributed by atoms with Gasteiger partial charge < -0.3 is 15.2 Å². The molecule has 17 heavy (non-hydrogen) atoms. The molecule has 0 bridgehead atoms. The van der Waals surface area contributed by atoms with Crippen LogP contribution in [0, 0.1) is 5.41 Å². The quantitative estimate of drug-likeness (QED) is 0.829. The summed E-state index contributed by atoms with van der Waals surface area (Å²) in [4.78, 5) is 22.9. The van der Waals surface area contributed by atoms with Crippen molar-refractivity contribution in [2.45, 2.75) is 0 Å². The number of aliphatic carboxylic acids is 1. The van der Waals surface area contributed by atoms with Gasteiger partial charge in [0, 0.05) is 10.2 Å². The first kappa shape index (κ1) is 12.1. The molecule has 90 valence electrons. The van der Waals surface area contributed by atoms with Gasteiger partial charge in [-0.2, -0.15) is 0 Å². The van der Waals surface area contributed by atoms with Crippen LogP contribution in [0.25, 0.3) is 0 Å². The maximum absolute atomic E-state index is 11.9. The smallest absolute Gasteiger partial charge is 0.324 e. The van der Waals surface area contributed by atoms with Crippen LogP contribution in [0.3, 0.4) is 0 Å². The van der Waals surface area contributed by atoms with Crippen LogP contribution in [0.4, 0.5) is 5.69 Å². The molecule has 1 aromatic carbocycles. The summed E-state index contributed by atoms with van der Waals surface area (Å²) in [6, 6.07) is 6.96. The van der Waals surface area contributed by atoms with E-state index in [0.717, 1.165) is 4.47 Å². The maximum Gasteiger partial charge on any atom is 0.324 e. The summed E-state index contributed by atoms with van der Waals surface area (Å²) in [6.45, 7) is -0.162. The van der Waals surface area contributed by atoms with Crippen LogP contribution in [0.5, 0.6) is 0 Å². The Kier molecular flexibility index (Phi) is 3.17. The number of carboxylic acid groups (broad SMARTS) is 1. The van der Waals surface area contributed by atoms with Gasteiger partial charge >= 0.3 is 5.97 Å². The van der Waals surface area contributed by atoms with Crippen LogP contribution < -0.4 is 5.32 Å². The molecular formula is C11H10BrNO4. The molecule has 1 saturated heterocycles. The zero-order chi connectivity index (χ0) is 12.5. The number of hydrogen-bond donors (Lipinski definition) is 2. The third-order valence-electron chi connectivity index (χ3n) is 2.62. The van der Waals surface area contributed by atoms with Gasteiger partial charge in [-0.25, -0.2) is 0 Å². The lowest BCUT2D eigenvalue weighted by molar-refractivity contribution is -0.182. The normalized spacial score (nSPS) is 17.0. The van der Waals surface area contributed by atoms with Crippen LogP contribution in [0.15, 0.2) is 28.7 Å². The van der Waals surface area contributed by atoms with Crippen molar-refractivity contribution in [2.24, 2.45) is 5.41 Å². The number of carbonyl (C=O) groups is 2. The first-order valence-electron chi connectivity index (χ1n) is 4.93. The monoisotopic (exact) mass is 299 g/mol. The van der Waals surface area contributed by atoms with E-state index in [1.165, 1.54) is 0 Å². The van der Waals surface area contributed by atoms with Gasteiger partial charge in [-0.05, 0) is 18.2 Å². The van der Waals surface area contributed by atoms with Crippen LogP contribution >= 0.6 is 15.9 Å². The molecule has 0 aromatic heterocycles. The fourth-order valence-corrected chi connectivity index (χ4v) is 1.87. The molecule has 1 aliphatic rings. The van der Waals surface area contributed by atoms with E-state index in [1.54, 1.807) is 18.2 Å². The Morgan fingerprint density at radius 3 is 2.59 bits per heavy atom. The van der Waals surface area contributed by atoms with Crippen molar-refractivity contribution in [3.05, 3.63) is 28.7 Å². The molecule has 2 rings (SSSR count). The number of carboxylic acids is 1. The number of nitrogens with one attached hydrogen (secondary N) is 1. The molecule has 5 nitrogen and oxygen atoms in total. The molecular weight excluding hydrogens is 290 g/mol. The van der Waals surface area contributed by atoms with E-state index in [4.69, 9.17) is 9.84 Å². The Hall–Kier alpha value is -1.40. The number of benzene rings is 1. The average molecular weight is 300 g/mol. The van der Waals surface area contributed by atoms with Gasteiger partial charge in [0.15, 0.2) is 5.41 Å². The van der Waals surface area contributed by atoms with Crippen molar-refractivity contribution in [3.8, 4) is 0 Å². The molecule has 0 aliphatic carbocycles. The third kappa shape index (κ3) is 2.18. The van der Waals surface area contributed by atoms with Gasteiger partial charge in [0.05, 0.1) is 13.2 Å². The van der Waals surface area contributed by atoms with E-state index < -0.39 is 17.3 Å². The third-order valence-corrected chi connectivity index (χ3v) is 3.12. The number of ether oxygens (including phenoxy) is 1. The van der Waals surface area contributed by atoms with Crippen LogP contribution in [-0.4, -0.2) is 30.2 Å². The Labute approximate surface area is 106 Å². The number of halogens is 1. The second-order valence-electron chi connectivity index (χ2n) is 3.84. The van der Waals surface area contributed by atoms with E-state index in [-0.39, 0.29) is 13.2 Å². The Balaban J connectivity index is 2.14. The van der Waals surface area contributed by atoms with Crippen LogP contribution in [0.1, 0.15) is 0 Å². The van der Waals surface area contributed by atoms with Crippen molar-refractivity contribution in [3.63, 3.8) is 0 Å². The number of carbonyl (C=O) groups excluding carboxylic acids is 1. The maximum atomic E-state index is 11.9. The fraction of sp³-hybridized carbons (Fsp3) is 0.273. The standard InChI is InChI=1S/C11H10BrNO4/c12-7-2-1-3-8(4-7)13-9(14)11(10(15)16)5-17-6-11/h1-4H,5-6H2,(H,13,14)(H,15,16). The van der Waals surface area contributed by atoms with Crippen LogP contribution in [0.2, 0.25) is 0 Å². The fourth-order valence-electron chi connectivity index (χ4n) is 1.47. The summed E-state index contributed by atoms with van der Waals surface area (Å²) < 4.78 is 5.64. The first-order valence-corrected chi connectivity index (χ1v) is 5.72. The van der Waals surface area contributed by atoms with Crippen molar-refractivity contribution in [2.75, 3.05) is 18.5 Å². The highest BCUT2D eigenvalue weighted by atomic mass is 79.9. The lowest BCUT2D eigenvalue weighted by Crippen LogP contribution is -2.57. The summed E-state index contributed by atoms with van der Waals surface area (Å²) >= 11 is 3.27. The predicted octanol–water partition coefficient (Wildman–Crippen LogP) is 1.49. The minimum absolute atomic E-state index is 0.0812. The van der Waals surface area contributed by atoms with E-state index in [0.29, 0.717) is 5.69 Å². The van der Waals surface area contributed by atoms with E-state index >= 15 is 0 Å². The van der Waals surface area contributed by atoms with Crippen molar-refractivity contribution >= 4 is 33.5 Å². The van der Waals surface area contributed by atoms with Gasteiger partial charge in [0.1, 0.15) is 0 Å². The zero-order valence-corrected chi connectivity index (χ0v) is 10.4. The highest BCUT2D eigenvalue weighted by Crippen LogP contribution is 2.30.